The van der Waals surface area contributed by atoms with Crippen LogP contribution in [0.2, 0.25) is 0 Å². The van der Waals surface area contributed by atoms with Crippen LogP contribution in [0.15, 0.2) is 107 Å². The van der Waals surface area contributed by atoms with E-state index in [1.807, 2.05) is 53.1 Å². The van der Waals surface area contributed by atoms with Gasteiger partial charge in [0.15, 0.2) is 4.80 Å². The van der Waals surface area contributed by atoms with Crippen molar-refractivity contribution in [2.24, 2.45) is 4.99 Å². The summed E-state index contributed by atoms with van der Waals surface area (Å²) in [4.78, 5) is 19.6. The Bertz CT molecular complexity index is 1640. The number of ether oxygens (including phenoxy) is 1. The van der Waals surface area contributed by atoms with Crippen LogP contribution in [0.5, 0.6) is 5.75 Å². The Morgan fingerprint density at radius 1 is 1.03 bits per heavy atom. The van der Waals surface area contributed by atoms with Crippen molar-refractivity contribution in [1.82, 2.24) is 4.57 Å². The molecule has 0 spiro atoms. The lowest BCUT2D eigenvalue weighted by molar-refractivity contribution is 0.363. The van der Waals surface area contributed by atoms with Crippen LogP contribution in [0.1, 0.15) is 34.7 Å². The average molecular weight is 477 g/mol. The van der Waals surface area contributed by atoms with Crippen LogP contribution in [0, 0.1) is 0 Å². The van der Waals surface area contributed by atoms with Crippen LogP contribution in [-0.2, 0) is 6.42 Å². The van der Waals surface area contributed by atoms with Gasteiger partial charge in [-0.2, -0.15) is 0 Å². The van der Waals surface area contributed by atoms with Gasteiger partial charge in [0.2, 0.25) is 0 Å². The number of hydrogen-bond donors (Lipinski definition) is 0. The summed E-state index contributed by atoms with van der Waals surface area (Å²) in [5, 5.41) is 0. The number of hydrogen-bond acceptors (Lipinski definition) is 4. The van der Waals surface area contributed by atoms with Gasteiger partial charge in [0.1, 0.15) is 12.4 Å². The van der Waals surface area contributed by atoms with Crippen molar-refractivity contribution in [3.8, 4) is 5.75 Å². The molecule has 35 heavy (non-hydrogen) atoms. The minimum absolute atomic E-state index is 0.00887. The SMILES string of the molecule is C=CCOc1cccc(/C=c2/sc3n(c2=O)[C@@H](c2ccccc2)C2=C(N=3)c3ccccc3CC2)c1. The second-order valence-electron chi connectivity index (χ2n) is 8.70. The van der Waals surface area contributed by atoms with Gasteiger partial charge >= 0.3 is 0 Å². The van der Waals surface area contributed by atoms with E-state index in [1.165, 1.54) is 28.0 Å². The van der Waals surface area contributed by atoms with Crippen LogP contribution in [0.25, 0.3) is 11.8 Å². The summed E-state index contributed by atoms with van der Waals surface area (Å²) in [7, 11) is 0. The van der Waals surface area contributed by atoms with Crippen molar-refractivity contribution < 1.29 is 4.74 Å². The van der Waals surface area contributed by atoms with Crippen LogP contribution >= 0.6 is 11.3 Å². The van der Waals surface area contributed by atoms with Crippen LogP contribution in [0.4, 0.5) is 0 Å². The molecule has 1 aromatic heterocycles. The third kappa shape index (κ3) is 3.88. The van der Waals surface area contributed by atoms with Crippen molar-refractivity contribution in [3.63, 3.8) is 0 Å². The summed E-state index contributed by atoms with van der Waals surface area (Å²) in [6, 6.07) is 26.4. The van der Waals surface area contributed by atoms with Crippen LogP contribution in [-0.4, -0.2) is 11.2 Å². The molecule has 0 unspecified atom stereocenters. The number of fused-ring (bicyclic) bond motifs is 3. The van der Waals surface area contributed by atoms with E-state index in [4.69, 9.17) is 9.73 Å². The summed E-state index contributed by atoms with van der Waals surface area (Å²) < 4.78 is 8.23. The molecule has 3 aromatic carbocycles. The molecule has 0 N–H and O–H groups in total. The van der Waals surface area contributed by atoms with Gasteiger partial charge < -0.3 is 4.74 Å². The molecule has 1 aliphatic carbocycles. The maximum absolute atomic E-state index is 13.8. The van der Waals surface area contributed by atoms with Gasteiger partial charge in [-0.1, -0.05) is 90.7 Å². The van der Waals surface area contributed by atoms with E-state index < -0.39 is 0 Å². The van der Waals surface area contributed by atoms with Gasteiger partial charge in [-0.25, -0.2) is 4.99 Å². The molecule has 4 nitrogen and oxygen atoms in total. The molecule has 5 heteroatoms. The van der Waals surface area contributed by atoms with Crippen molar-refractivity contribution in [3.05, 3.63) is 139 Å². The van der Waals surface area contributed by atoms with Crippen molar-refractivity contribution in [2.75, 3.05) is 6.61 Å². The molecule has 172 valence electrons. The summed E-state index contributed by atoms with van der Waals surface area (Å²) in [6.45, 7) is 4.14. The molecule has 0 saturated heterocycles. The predicted molar refractivity (Wildman–Crippen MR) is 141 cm³/mol. The highest BCUT2D eigenvalue weighted by molar-refractivity contribution is 7.07. The smallest absolute Gasteiger partial charge is 0.271 e. The van der Waals surface area contributed by atoms with Gasteiger partial charge in [-0.15, -0.1) is 0 Å². The Balaban J connectivity index is 1.55. The van der Waals surface area contributed by atoms with Crippen LogP contribution in [0.3, 0.4) is 0 Å². The molecule has 2 heterocycles. The van der Waals surface area contributed by atoms with Gasteiger partial charge in [0.25, 0.3) is 5.56 Å². The van der Waals surface area contributed by atoms with E-state index in [-0.39, 0.29) is 11.6 Å². The Labute approximate surface area is 207 Å². The number of nitrogens with zero attached hydrogens (tertiary/aromatic N) is 2. The zero-order valence-electron chi connectivity index (χ0n) is 19.2. The molecule has 2 aliphatic rings. The maximum atomic E-state index is 13.8. The lowest BCUT2D eigenvalue weighted by Crippen LogP contribution is -2.38. The third-order valence-corrected chi connectivity index (χ3v) is 7.49. The van der Waals surface area contributed by atoms with E-state index >= 15 is 0 Å². The number of allylic oxidation sites excluding steroid dienone is 1. The highest BCUT2D eigenvalue weighted by atomic mass is 32.1. The predicted octanol–water partition coefficient (Wildman–Crippen LogP) is 4.88. The monoisotopic (exact) mass is 476 g/mol. The van der Waals surface area contributed by atoms with E-state index in [9.17, 15) is 4.79 Å². The fourth-order valence-corrected chi connectivity index (χ4v) is 5.96. The van der Waals surface area contributed by atoms with Crippen molar-refractivity contribution in [2.45, 2.75) is 18.9 Å². The lowest BCUT2D eigenvalue weighted by Gasteiger charge is -2.30. The Morgan fingerprint density at radius 2 is 1.86 bits per heavy atom. The van der Waals surface area contributed by atoms with Gasteiger partial charge in [0.05, 0.1) is 16.3 Å². The molecule has 0 radical (unpaired) electrons. The largest absolute Gasteiger partial charge is 0.490 e. The van der Waals surface area contributed by atoms with Crippen molar-refractivity contribution >= 4 is 23.1 Å². The number of aromatic nitrogens is 1. The molecule has 0 bridgehead atoms. The number of aryl methyl sites for hydroxylation is 1. The molecule has 0 saturated carbocycles. The van der Waals surface area contributed by atoms with Crippen molar-refractivity contribution in [1.29, 1.82) is 0 Å². The quantitative estimate of drug-likeness (QED) is 0.385. The molecule has 0 amide bonds. The second kappa shape index (κ2) is 9.01. The van der Waals surface area contributed by atoms with Gasteiger partial charge in [-0.3, -0.25) is 9.36 Å². The minimum atomic E-state index is -0.153. The highest BCUT2D eigenvalue weighted by Gasteiger charge is 2.32. The minimum Gasteiger partial charge on any atom is -0.490 e. The Morgan fingerprint density at radius 3 is 2.71 bits per heavy atom. The Hall–Kier alpha value is -3.96. The first-order valence-corrected chi connectivity index (χ1v) is 12.6. The summed E-state index contributed by atoms with van der Waals surface area (Å²) in [6.07, 6.45) is 5.50. The molecule has 6 rings (SSSR count). The molecule has 4 aromatic rings. The molecule has 1 aliphatic heterocycles. The number of thiazole rings is 1. The van der Waals surface area contributed by atoms with Gasteiger partial charge in [-0.05, 0) is 53.3 Å². The number of benzene rings is 3. The van der Waals surface area contributed by atoms with Gasteiger partial charge in [0, 0.05) is 5.56 Å². The van der Waals surface area contributed by atoms with E-state index in [1.54, 1.807) is 6.08 Å². The van der Waals surface area contributed by atoms with Crippen LogP contribution < -0.4 is 19.6 Å². The topological polar surface area (TPSA) is 43.6 Å². The summed E-state index contributed by atoms with van der Waals surface area (Å²) in [5.74, 6) is 0.751. The average Bonchev–Trinajstić information content (AvgIpc) is 3.21. The first-order valence-electron chi connectivity index (χ1n) is 11.7. The normalized spacial score (nSPS) is 16.7. The Kier molecular flexibility index (Phi) is 5.55. The molecular weight excluding hydrogens is 452 g/mol. The zero-order chi connectivity index (χ0) is 23.8. The third-order valence-electron chi connectivity index (χ3n) is 6.51. The lowest BCUT2D eigenvalue weighted by atomic mass is 9.83. The summed E-state index contributed by atoms with van der Waals surface area (Å²) >= 11 is 1.45. The standard InChI is InChI=1S/C30H24N2O2S/c1-2-17-34-23-13-8-9-20(18-23)19-26-29(33)32-28(22-11-4-3-5-12-22)25-16-15-21-10-6-7-14-24(21)27(25)31-30(32)35-26/h2-14,18-19,28H,1,15-17H2/b26-19+/t28-/m0/s1. The second-order valence-corrected chi connectivity index (χ2v) is 9.71. The molecule has 1 atom stereocenters. The highest BCUT2D eigenvalue weighted by Crippen LogP contribution is 2.41. The fourth-order valence-electron chi connectivity index (χ4n) is 4.96. The fraction of sp³-hybridized carbons (Fsp3) is 0.133. The van der Waals surface area contributed by atoms with E-state index in [0.717, 1.165) is 40.2 Å². The molecular formula is C30H24N2O2S. The van der Waals surface area contributed by atoms with E-state index in [2.05, 4.69) is 43.0 Å². The zero-order valence-corrected chi connectivity index (χ0v) is 20.0. The summed E-state index contributed by atoms with van der Waals surface area (Å²) in [5.41, 5.74) is 6.76. The first kappa shape index (κ1) is 21.6. The first-order chi connectivity index (χ1) is 17.2. The maximum Gasteiger partial charge on any atom is 0.271 e. The number of rotatable bonds is 5. The molecule has 0 fully saturated rings. The van der Waals surface area contributed by atoms with E-state index in [0.29, 0.717) is 11.1 Å².